The van der Waals surface area contributed by atoms with Crippen LogP contribution in [-0.2, 0) is 22.6 Å². The Morgan fingerprint density at radius 2 is 1.93 bits per heavy atom. The van der Waals surface area contributed by atoms with Gasteiger partial charge in [-0.2, -0.15) is 23.5 Å². The van der Waals surface area contributed by atoms with Gasteiger partial charge in [0, 0.05) is 17.7 Å². The lowest BCUT2D eigenvalue weighted by atomic mass is 9.93. The summed E-state index contributed by atoms with van der Waals surface area (Å²) in [6.07, 6.45) is 3.12. The van der Waals surface area contributed by atoms with Crippen LogP contribution in [0.5, 0.6) is 5.75 Å². The number of rotatable bonds is 14. The monoisotopic (exact) mass is 579 g/mol. The number of fused-ring (bicyclic) bond motifs is 1. The van der Waals surface area contributed by atoms with Crippen molar-refractivity contribution in [1.82, 2.24) is 5.32 Å². The van der Waals surface area contributed by atoms with E-state index in [1.165, 1.54) is 5.56 Å². The van der Waals surface area contributed by atoms with E-state index in [9.17, 15) is 14.7 Å². The fourth-order valence-electron chi connectivity index (χ4n) is 4.78. The minimum Gasteiger partial charge on any atom is -0.493 e. The first kappa shape index (κ1) is 30.0. The van der Waals surface area contributed by atoms with E-state index in [0.717, 1.165) is 58.1 Å². The van der Waals surface area contributed by atoms with E-state index in [4.69, 9.17) is 9.47 Å². The van der Waals surface area contributed by atoms with Crippen molar-refractivity contribution in [2.24, 2.45) is 0 Å². The van der Waals surface area contributed by atoms with Crippen LogP contribution in [-0.4, -0.2) is 53.1 Å². The summed E-state index contributed by atoms with van der Waals surface area (Å²) in [6.45, 7) is 5.26. The minimum atomic E-state index is -1.03. The number of hydrogen-bond acceptors (Lipinski definition) is 6. The Morgan fingerprint density at radius 3 is 2.67 bits per heavy atom. The number of aryl methyl sites for hydroxylation is 1. The third-order valence-electron chi connectivity index (χ3n) is 6.99. The van der Waals surface area contributed by atoms with Crippen LogP contribution < -0.4 is 10.1 Å². The van der Waals surface area contributed by atoms with E-state index in [-0.39, 0.29) is 6.10 Å². The average Bonchev–Trinajstić information content (AvgIpc) is 3.43. The van der Waals surface area contributed by atoms with Gasteiger partial charge in [0.25, 0.3) is 5.91 Å². The molecule has 212 valence electrons. The normalized spacial score (nSPS) is 13.8. The van der Waals surface area contributed by atoms with Gasteiger partial charge in [-0.15, -0.1) is 0 Å². The van der Waals surface area contributed by atoms with Crippen molar-refractivity contribution in [3.63, 3.8) is 0 Å². The molecule has 6 nitrogen and oxygen atoms in total. The first-order valence-corrected chi connectivity index (χ1v) is 16.1. The summed E-state index contributed by atoms with van der Waals surface area (Å²) in [5, 5.41) is 12.4. The Kier molecular flexibility index (Phi) is 11.0. The summed E-state index contributed by atoms with van der Waals surface area (Å²) in [6, 6.07) is 19.0. The number of carboxylic acid groups (broad SMARTS) is 1. The molecule has 3 aromatic carbocycles. The summed E-state index contributed by atoms with van der Waals surface area (Å²) in [7, 11) is 0. The van der Waals surface area contributed by atoms with Crippen molar-refractivity contribution >= 4 is 35.4 Å². The largest absolute Gasteiger partial charge is 0.493 e. The minimum absolute atomic E-state index is 0.0755. The van der Waals surface area contributed by atoms with Gasteiger partial charge in [0.1, 0.15) is 11.8 Å². The second-order valence-electron chi connectivity index (χ2n) is 9.77. The van der Waals surface area contributed by atoms with Crippen molar-refractivity contribution in [1.29, 1.82) is 0 Å². The average molecular weight is 580 g/mol. The maximum atomic E-state index is 13.4. The molecule has 0 bridgehead atoms. The highest BCUT2D eigenvalue weighted by molar-refractivity contribution is 7.99. The number of carboxylic acids is 1. The predicted octanol–water partition coefficient (Wildman–Crippen LogP) is 6.54. The van der Waals surface area contributed by atoms with Crippen molar-refractivity contribution in [3.05, 3.63) is 88.5 Å². The van der Waals surface area contributed by atoms with E-state index in [1.807, 2.05) is 67.4 Å². The maximum absolute atomic E-state index is 13.4. The number of aliphatic carboxylic acids is 1. The van der Waals surface area contributed by atoms with Crippen molar-refractivity contribution < 1.29 is 24.2 Å². The lowest BCUT2D eigenvalue weighted by molar-refractivity contribution is -0.139. The number of nitrogens with one attached hydrogen (secondary N) is 1. The molecule has 2 atom stereocenters. The Bertz CT molecular complexity index is 1330. The molecule has 0 saturated carbocycles. The van der Waals surface area contributed by atoms with E-state index in [0.29, 0.717) is 24.3 Å². The van der Waals surface area contributed by atoms with Crippen LogP contribution >= 0.6 is 23.5 Å². The number of benzene rings is 3. The Balaban J connectivity index is 1.60. The van der Waals surface area contributed by atoms with E-state index < -0.39 is 17.9 Å². The highest BCUT2D eigenvalue weighted by Gasteiger charge is 2.23. The van der Waals surface area contributed by atoms with Crippen LogP contribution in [0.2, 0.25) is 0 Å². The second-order valence-corrected chi connectivity index (χ2v) is 12.1. The number of ether oxygens (including phenoxy) is 2. The molecule has 1 aliphatic rings. The van der Waals surface area contributed by atoms with Gasteiger partial charge in [-0.25, -0.2) is 4.79 Å². The molecule has 1 aliphatic heterocycles. The first-order valence-electron chi connectivity index (χ1n) is 13.6. The lowest BCUT2D eigenvalue weighted by Crippen LogP contribution is -2.41. The molecule has 0 aliphatic carbocycles. The Morgan fingerprint density at radius 1 is 1.10 bits per heavy atom. The van der Waals surface area contributed by atoms with Gasteiger partial charge < -0.3 is 19.9 Å². The summed E-state index contributed by atoms with van der Waals surface area (Å²) in [5.41, 5.74) is 6.49. The first-order chi connectivity index (χ1) is 19.4. The second kappa shape index (κ2) is 14.6. The molecule has 0 aromatic heterocycles. The van der Waals surface area contributed by atoms with Gasteiger partial charge in [0.15, 0.2) is 0 Å². The summed E-state index contributed by atoms with van der Waals surface area (Å²) in [5.74, 6) is 2.03. The number of amides is 1. The summed E-state index contributed by atoms with van der Waals surface area (Å²) < 4.78 is 12.2. The van der Waals surface area contributed by atoms with Crippen LogP contribution in [0.25, 0.3) is 11.1 Å². The summed E-state index contributed by atoms with van der Waals surface area (Å²) >= 11 is 3.40. The zero-order chi connectivity index (χ0) is 28.5. The fraction of sp³-hybridized carbons (Fsp3) is 0.375. The van der Waals surface area contributed by atoms with Gasteiger partial charge in [-0.05, 0) is 88.8 Å². The van der Waals surface area contributed by atoms with Crippen LogP contribution in [0, 0.1) is 6.92 Å². The molecular weight excluding hydrogens is 542 g/mol. The molecule has 0 spiro atoms. The van der Waals surface area contributed by atoms with E-state index in [1.54, 1.807) is 17.8 Å². The SMILES string of the molecule is CCSC[C@H](OCc1ccc(C(=O)NC(CCSC)C(=O)O)c(-c2ccccc2C)c1)c1ccc2c(c1)CCO2. The Labute approximate surface area is 245 Å². The molecule has 0 saturated heterocycles. The third-order valence-corrected chi connectivity index (χ3v) is 8.58. The Hall–Kier alpha value is -2.94. The predicted molar refractivity (Wildman–Crippen MR) is 165 cm³/mol. The van der Waals surface area contributed by atoms with Crippen LogP contribution in [0.3, 0.4) is 0 Å². The van der Waals surface area contributed by atoms with Crippen molar-refractivity contribution in [2.45, 2.75) is 45.4 Å². The molecular formula is C32H37NO5S2. The third kappa shape index (κ3) is 7.62. The molecule has 0 radical (unpaired) electrons. The molecule has 8 heteroatoms. The summed E-state index contributed by atoms with van der Waals surface area (Å²) in [4.78, 5) is 25.2. The van der Waals surface area contributed by atoms with Crippen molar-refractivity contribution in [2.75, 3.05) is 30.1 Å². The number of carbonyl (C=O) groups excluding carboxylic acids is 1. The van der Waals surface area contributed by atoms with Gasteiger partial charge in [-0.1, -0.05) is 43.3 Å². The van der Waals surface area contributed by atoms with Crippen LogP contribution in [0.4, 0.5) is 0 Å². The standard InChI is InChI=1S/C32H37NO5S2/c1-4-40-20-30(23-10-12-29-24(18-23)13-15-37-29)38-19-22-9-11-26(27(17-22)25-8-6-5-7-21(25)2)31(34)33-28(32(35)36)14-16-39-3/h5-12,17-18,28,30H,4,13-16,19-20H2,1-3H3,(H,33,34)(H,35,36)/t28?,30-/m0/s1. The van der Waals surface area contributed by atoms with Gasteiger partial charge in [0.2, 0.25) is 0 Å². The number of hydrogen-bond donors (Lipinski definition) is 2. The highest BCUT2D eigenvalue weighted by atomic mass is 32.2. The molecule has 2 N–H and O–H groups in total. The molecule has 0 fully saturated rings. The zero-order valence-electron chi connectivity index (χ0n) is 23.3. The number of thioether (sulfide) groups is 2. The lowest BCUT2D eigenvalue weighted by Gasteiger charge is -2.20. The molecule has 40 heavy (non-hydrogen) atoms. The number of carbonyl (C=O) groups is 2. The van der Waals surface area contributed by atoms with Crippen LogP contribution in [0.15, 0.2) is 60.7 Å². The molecule has 1 heterocycles. The van der Waals surface area contributed by atoms with Gasteiger partial charge in [0.05, 0.1) is 19.3 Å². The zero-order valence-corrected chi connectivity index (χ0v) is 24.9. The van der Waals surface area contributed by atoms with Crippen molar-refractivity contribution in [3.8, 4) is 16.9 Å². The van der Waals surface area contributed by atoms with Crippen LogP contribution in [0.1, 0.15) is 52.1 Å². The van der Waals surface area contributed by atoms with E-state index >= 15 is 0 Å². The quantitative estimate of drug-likeness (QED) is 0.224. The topological polar surface area (TPSA) is 84.9 Å². The smallest absolute Gasteiger partial charge is 0.326 e. The molecule has 4 rings (SSSR count). The van der Waals surface area contributed by atoms with Gasteiger partial charge >= 0.3 is 5.97 Å². The van der Waals surface area contributed by atoms with Gasteiger partial charge in [-0.3, -0.25) is 4.79 Å². The van der Waals surface area contributed by atoms with E-state index in [2.05, 4.69) is 24.4 Å². The molecule has 1 unspecified atom stereocenters. The highest BCUT2D eigenvalue weighted by Crippen LogP contribution is 2.33. The molecule has 1 amide bonds. The fourth-order valence-corrected chi connectivity index (χ4v) is 5.99. The maximum Gasteiger partial charge on any atom is 0.326 e. The molecule has 3 aromatic rings.